The molecule has 0 N–H and O–H groups in total. The van der Waals surface area contributed by atoms with Crippen molar-refractivity contribution in [2.45, 2.75) is 18.4 Å². The fourth-order valence-corrected chi connectivity index (χ4v) is 3.56. The van der Waals surface area contributed by atoms with E-state index in [4.69, 9.17) is 18.4 Å². The van der Waals surface area contributed by atoms with Gasteiger partial charge in [0.15, 0.2) is 11.5 Å². The van der Waals surface area contributed by atoms with E-state index < -0.39 is 10.1 Å². The smallest absolute Gasteiger partial charge is 0.339 e. The Bertz CT molecular complexity index is 1050. The van der Waals surface area contributed by atoms with Gasteiger partial charge in [-0.15, -0.1) is 0 Å². The van der Waals surface area contributed by atoms with Gasteiger partial charge in [-0.1, -0.05) is 29.8 Å². The third kappa shape index (κ3) is 5.20. The van der Waals surface area contributed by atoms with Gasteiger partial charge < -0.3 is 18.4 Å². The first kappa shape index (κ1) is 20.5. The van der Waals surface area contributed by atoms with E-state index in [9.17, 15) is 8.42 Å². The Hall–Kier alpha value is -3.19. The van der Waals surface area contributed by atoms with Crippen LogP contribution in [-0.4, -0.2) is 22.6 Å². The molecule has 0 saturated heterocycles. The summed E-state index contributed by atoms with van der Waals surface area (Å²) in [5.74, 6) is 1.69. The lowest BCUT2D eigenvalue weighted by Crippen LogP contribution is -2.10. The second-order valence-corrected chi connectivity index (χ2v) is 7.85. The van der Waals surface area contributed by atoms with Crippen molar-refractivity contribution in [1.29, 1.82) is 0 Å². The predicted molar refractivity (Wildman–Crippen MR) is 109 cm³/mol. The van der Waals surface area contributed by atoms with Crippen LogP contribution in [0.5, 0.6) is 23.0 Å². The fourth-order valence-electron chi connectivity index (χ4n) is 2.62. The van der Waals surface area contributed by atoms with E-state index in [2.05, 4.69) is 0 Å². The van der Waals surface area contributed by atoms with Crippen molar-refractivity contribution in [2.24, 2.45) is 0 Å². The molecule has 0 radical (unpaired) electrons. The van der Waals surface area contributed by atoms with E-state index in [0.29, 0.717) is 17.2 Å². The van der Waals surface area contributed by atoms with E-state index in [1.807, 2.05) is 19.1 Å². The molecule has 0 fully saturated rings. The average molecular weight is 414 g/mol. The summed E-state index contributed by atoms with van der Waals surface area (Å²) >= 11 is 0. The third-order valence-corrected chi connectivity index (χ3v) is 5.41. The Kier molecular flexibility index (Phi) is 6.29. The molecule has 0 saturated carbocycles. The lowest BCUT2D eigenvalue weighted by atomic mass is 10.2. The van der Waals surface area contributed by atoms with Gasteiger partial charge in [0.25, 0.3) is 0 Å². The molecule has 6 nitrogen and oxygen atoms in total. The Labute approximate surface area is 170 Å². The normalized spacial score (nSPS) is 11.0. The zero-order valence-electron chi connectivity index (χ0n) is 16.4. The minimum atomic E-state index is -3.98. The molecule has 0 aliphatic rings. The second kappa shape index (κ2) is 8.87. The molecule has 7 heteroatoms. The van der Waals surface area contributed by atoms with Crippen LogP contribution in [-0.2, 0) is 16.7 Å². The van der Waals surface area contributed by atoms with Crippen LogP contribution in [0.25, 0.3) is 0 Å². The number of ether oxygens (including phenoxy) is 3. The van der Waals surface area contributed by atoms with Crippen LogP contribution >= 0.6 is 0 Å². The van der Waals surface area contributed by atoms with Crippen molar-refractivity contribution in [3.8, 4) is 23.0 Å². The number of methoxy groups -OCH3 is 2. The van der Waals surface area contributed by atoms with Crippen molar-refractivity contribution >= 4 is 10.1 Å². The maximum atomic E-state index is 12.6. The summed E-state index contributed by atoms with van der Waals surface area (Å²) in [6, 6.07) is 18.5. The number of benzene rings is 3. The highest BCUT2D eigenvalue weighted by Crippen LogP contribution is 2.31. The molecule has 0 amide bonds. The van der Waals surface area contributed by atoms with Crippen LogP contribution in [0.15, 0.2) is 71.6 Å². The highest BCUT2D eigenvalue weighted by Gasteiger charge is 2.19. The van der Waals surface area contributed by atoms with Crippen molar-refractivity contribution < 1.29 is 26.8 Å². The summed E-state index contributed by atoms with van der Waals surface area (Å²) in [7, 11) is -0.841. The lowest BCUT2D eigenvalue weighted by Gasteiger charge is -2.14. The highest BCUT2D eigenvalue weighted by atomic mass is 32.2. The van der Waals surface area contributed by atoms with E-state index >= 15 is 0 Å². The first-order chi connectivity index (χ1) is 13.9. The van der Waals surface area contributed by atoms with Gasteiger partial charge in [-0.25, -0.2) is 0 Å². The van der Waals surface area contributed by atoms with Gasteiger partial charge in [0.2, 0.25) is 0 Å². The first-order valence-electron chi connectivity index (χ1n) is 8.86. The molecule has 0 unspecified atom stereocenters. The minimum absolute atomic E-state index is 0.0791. The van der Waals surface area contributed by atoms with Crippen LogP contribution in [0.2, 0.25) is 0 Å². The number of hydrogen-bond donors (Lipinski definition) is 0. The number of para-hydroxylation sites is 2. The van der Waals surface area contributed by atoms with Crippen molar-refractivity contribution in [1.82, 2.24) is 0 Å². The Morgan fingerprint density at radius 2 is 1.38 bits per heavy atom. The molecule has 0 bridgehead atoms. The summed E-state index contributed by atoms with van der Waals surface area (Å²) in [4.78, 5) is 0.0791. The van der Waals surface area contributed by atoms with Crippen LogP contribution in [0.1, 0.15) is 11.1 Å². The van der Waals surface area contributed by atoms with Gasteiger partial charge in [-0.05, 0) is 48.9 Å². The number of rotatable bonds is 8. The van der Waals surface area contributed by atoms with E-state index in [-0.39, 0.29) is 17.3 Å². The standard InChI is InChI=1S/C22H22O6S/c1-16-8-10-20(11-9-16)29(23,24)28-22-7-5-4-6-21(22)27-15-17-12-18(25-2)14-19(13-17)26-3/h4-14H,15H2,1-3H3. The summed E-state index contributed by atoms with van der Waals surface area (Å²) in [6.45, 7) is 2.06. The quantitative estimate of drug-likeness (QED) is 0.510. The molecule has 0 aromatic heterocycles. The van der Waals surface area contributed by atoms with Gasteiger partial charge in [-0.3, -0.25) is 0 Å². The van der Waals surface area contributed by atoms with E-state index in [1.165, 1.54) is 12.1 Å². The largest absolute Gasteiger partial charge is 0.497 e. The highest BCUT2D eigenvalue weighted by molar-refractivity contribution is 7.87. The monoisotopic (exact) mass is 414 g/mol. The average Bonchev–Trinajstić information content (AvgIpc) is 2.73. The molecule has 3 aromatic carbocycles. The third-order valence-electron chi connectivity index (χ3n) is 4.16. The molecule has 0 atom stereocenters. The molecule has 152 valence electrons. The van der Waals surface area contributed by atoms with Gasteiger partial charge in [0, 0.05) is 6.07 Å². The number of hydrogen-bond acceptors (Lipinski definition) is 6. The van der Waals surface area contributed by atoms with Crippen molar-refractivity contribution in [2.75, 3.05) is 14.2 Å². The molecule has 3 rings (SSSR count). The molecule has 29 heavy (non-hydrogen) atoms. The summed E-state index contributed by atoms with van der Waals surface area (Å²) in [5, 5.41) is 0. The molecule has 3 aromatic rings. The van der Waals surface area contributed by atoms with Crippen LogP contribution < -0.4 is 18.4 Å². The summed E-state index contributed by atoms with van der Waals surface area (Å²) in [6.07, 6.45) is 0. The van der Waals surface area contributed by atoms with Crippen molar-refractivity contribution in [3.05, 3.63) is 77.9 Å². The Balaban J connectivity index is 1.80. The van der Waals surface area contributed by atoms with Gasteiger partial charge >= 0.3 is 10.1 Å². The van der Waals surface area contributed by atoms with Crippen LogP contribution in [0.3, 0.4) is 0 Å². The van der Waals surface area contributed by atoms with Gasteiger partial charge in [0.1, 0.15) is 23.0 Å². The fraction of sp³-hybridized carbons (Fsp3) is 0.182. The lowest BCUT2D eigenvalue weighted by molar-refractivity contribution is 0.294. The molecule has 0 aliphatic heterocycles. The minimum Gasteiger partial charge on any atom is -0.497 e. The Morgan fingerprint density at radius 3 is 1.97 bits per heavy atom. The topological polar surface area (TPSA) is 71.1 Å². The Morgan fingerprint density at radius 1 is 0.793 bits per heavy atom. The molecular weight excluding hydrogens is 392 g/mol. The molecule has 0 aliphatic carbocycles. The molecular formula is C22H22O6S. The maximum absolute atomic E-state index is 12.6. The van der Waals surface area contributed by atoms with E-state index in [0.717, 1.165) is 11.1 Å². The van der Waals surface area contributed by atoms with Crippen LogP contribution in [0, 0.1) is 6.92 Å². The first-order valence-corrected chi connectivity index (χ1v) is 10.3. The summed E-state index contributed by atoms with van der Waals surface area (Å²) < 4.78 is 46.9. The van der Waals surface area contributed by atoms with Gasteiger partial charge in [0.05, 0.1) is 14.2 Å². The molecule has 0 heterocycles. The maximum Gasteiger partial charge on any atom is 0.339 e. The van der Waals surface area contributed by atoms with Crippen LogP contribution in [0.4, 0.5) is 0 Å². The zero-order valence-corrected chi connectivity index (χ0v) is 17.2. The predicted octanol–water partition coefficient (Wildman–Crippen LogP) is 4.36. The second-order valence-electron chi connectivity index (χ2n) is 6.31. The van der Waals surface area contributed by atoms with E-state index in [1.54, 1.807) is 56.7 Å². The van der Waals surface area contributed by atoms with Crippen molar-refractivity contribution in [3.63, 3.8) is 0 Å². The SMILES string of the molecule is COc1cc(COc2ccccc2OS(=O)(=O)c2ccc(C)cc2)cc(OC)c1. The number of aryl methyl sites for hydroxylation is 1. The zero-order chi connectivity index (χ0) is 20.9. The van der Waals surface area contributed by atoms with Gasteiger partial charge in [-0.2, -0.15) is 8.42 Å². The summed E-state index contributed by atoms with van der Waals surface area (Å²) in [5.41, 5.74) is 1.76. The molecule has 0 spiro atoms.